The lowest BCUT2D eigenvalue weighted by molar-refractivity contribution is 0.764. The van der Waals surface area contributed by atoms with Crippen molar-refractivity contribution in [1.82, 2.24) is 5.32 Å². The first-order valence-corrected chi connectivity index (χ1v) is 6.21. The van der Waals surface area contributed by atoms with Crippen LogP contribution in [0.2, 0.25) is 0 Å². The van der Waals surface area contributed by atoms with Crippen molar-refractivity contribution in [2.24, 2.45) is 0 Å². The molecule has 0 fully saturated rings. The molecule has 1 aliphatic rings. The number of aryl methyl sites for hydroxylation is 1. The molecular weight excluding hydrogens is 182 g/mol. The van der Waals surface area contributed by atoms with Crippen LogP contribution in [0.15, 0.2) is 18.2 Å². The van der Waals surface area contributed by atoms with Gasteiger partial charge < -0.3 is 5.32 Å². The van der Waals surface area contributed by atoms with Crippen LogP contribution in [0.4, 0.5) is 0 Å². The molecule has 0 amide bonds. The van der Waals surface area contributed by atoms with Gasteiger partial charge in [0, 0.05) is 13.1 Å². The van der Waals surface area contributed by atoms with Gasteiger partial charge in [0.15, 0.2) is 0 Å². The molecule has 2 rings (SSSR count). The van der Waals surface area contributed by atoms with Gasteiger partial charge in [0.2, 0.25) is 0 Å². The van der Waals surface area contributed by atoms with Gasteiger partial charge in [-0.05, 0) is 23.1 Å². The Morgan fingerprint density at radius 1 is 1.00 bits per heavy atom. The fourth-order valence-electron chi connectivity index (χ4n) is 1.57. The summed E-state index contributed by atoms with van der Waals surface area (Å²) in [6.45, 7) is 12.3. The van der Waals surface area contributed by atoms with Gasteiger partial charge >= 0.3 is 0 Å². The topological polar surface area (TPSA) is 12.0 Å². The molecule has 1 nitrogen and oxygen atoms in total. The summed E-state index contributed by atoms with van der Waals surface area (Å²) < 4.78 is 0. The van der Waals surface area contributed by atoms with Crippen molar-refractivity contribution in [3.8, 4) is 0 Å². The lowest BCUT2D eigenvalue weighted by Crippen LogP contribution is -1.99. The number of nitrogens with one attached hydrogen (secondary N) is 1. The van der Waals surface area contributed by atoms with Crippen LogP contribution < -0.4 is 5.32 Å². The van der Waals surface area contributed by atoms with E-state index in [0.717, 1.165) is 19.5 Å². The predicted octanol–water partition coefficient (Wildman–Crippen LogP) is 3.90. The number of fused-ring (bicyclic) bond motifs is 1. The lowest BCUT2D eigenvalue weighted by Gasteiger charge is -1.99. The van der Waals surface area contributed by atoms with E-state index < -0.39 is 0 Å². The number of hydrogen-bond donors (Lipinski definition) is 1. The molecule has 0 aromatic heterocycles. The molecule has 0 atom stereocenters. The molecule has 1 aliphatic heterocycles. The molecule has 1 aromatic carbocycles. The molecule has 1 N–H and O–H groups in total. The molecule has 86 valence electrons. The van der Waals surface area contributed by atoms with Crippen molar-refractivity contribution in [3.05, 3.63) is 34.9 Å². The van der Waals surface area contributed by atoms with E-state index in [4.69, 9.17) is 0 Å². The van der Waals surface area contributed by atoms with Gasteiger partial charge in [-0.3, -0.25) is 0 Å². The first-order valence-electron chi connectivity index (χ1n) is 6.21. The Labute approximate surface area is 94.9 Å². The van der Waals surface area contributed by atoms with E-state index in [-0.39, 0.29) is 0 Å². The van der Waals surface area contributed by atoms with E-state index in [1.807, 2.05) is 27.7 Å². The minimum atomic E-state index is 1.05. The van der Waals surface area contributed by atoms with Gasteiger partial charge in [-0.2, -0.15) is 0 Å². The third-order valence-electron chi connectivity index (χ3n) is 2.31. The highest BCUT2D eigenvalue weighted by Gasteiger charge is 2.08. The van der Waals surface area contributed by atoms with Gasteiger partial charge in [-0.1, -0.05) is 52.8 Å². The zero-order chi connectivity index (χ0) is 11.7. The Kier molecular flexibility index (Phi) is 8.02. The summed E-state index contributed by atoms with van der Waals surface area (Å²) in [6, 6.07) is 6.79. The van der Waals surface area contributed by atoms with Crippen LogP contribution in [-0.2, 0) is 19.5 Å². The van der Waals surface area contributed by atoms with E-state index in [9.17, 15) is 0 Å². The van der Waals surface area contributed by atoms with Gasteiger partial charge in [0.25, 0.3) is 0 Å². The Balaban J connectivity index is 0.000000442. The largest absolute Gasteiger partial charge is 0.309 e. The summed E-state index contributed by atoms with van der Waals surface area (Å²) in [5, 5.41) is 3.34. The summed E-state index contributed by atoms with van der Waals surface area (Å²) in [4.78, 5) is 0. The maximum absolute atomic E-state index is 3.34. The highest BCUT2D eigenvalue weighted by Crippen LogP contribution is 2.16. The fourth-order valence-corrected chi connectivity index (χ4v) is 1.57. The summed E-state index contributed by atoms with van der Waals surface area (Å²) in [5.74, 6) is 0. The van der Waals surface area contributed by atoms with Crippen LogP contribution in [0.1, 0.15) is 51.3 Å². The van der Waals surface area contributed by atoms with E-state index in [1.54, 1.807) is 0 Å². The Bertz CT molecular complexity index is 266. The average Bonchev–Trinajstić information content (AvgIpc) is 2.81. The number of hydrogen-bond acceptors (Lipinski definition) is 1. The molecule has 0 aliphatic carbocycles. The van der Waals surface area contributed by atoms with Gasteiger partial charge in [-0.15, -0.1) is 0 Å². The lowest BCUT2D eigenvalue weighted by atomic mass is 10.1. The Morgan fingerprint density at radius 3 is 2.20 bits per heavy atom. The summed E-state index contributed by atoms with van der Waals surface area (Å²) in [6.07, 6.45) is 1.15. The average molecular weight is 207 g/mol. The minimum Gasteiger partial charge on any atom is -0.309 e. The number of rotatable bonds is 1. The maximum Gasteiger partial charge on any atom is 0.0212 e. The van der Waals surface area contributed by atoms with E-state index in [0.29, 0.717) is 0 Å². The van der Waals surface area contributed by atoms with Gasteiger partial charge in [0.1, 0.15) is 0 Å². The quantitative estimate of drug-likeness (QED) is 0.736. The van der Waals surface area contributed by atoms with Crippen LogP contribution in [0.25, 0.3) is 0 Å². The highest BCUT2D eigenvalue weighted by atomic mass is 14.9. The van der Waals surface area contributed by atoms with Crippen molar-refractivity contribution in [2.75, 3.05) is 0 Å². The van der Waals surface area contributed by atoms with E-state index >= 15 is 0 Å². The molecule has 0 saturated heterocycles. The number of benzene rings is 1. The Hall–Kier alpha value is -0.820. The highest BCUT2D eigenvalue weighted by molar-refractivity contribution is 5.34. The van der Waals surface area contributed by atoms with Crippen molar-refractivity contribution in [1.29, 1.82) is 0 Å². The van der Waals surface area contributed by atoms with Crippen LogP contribution >= 0.6 is 0 Å². The zero-order valence-electron chi connectivity index (χ0n) is 10.9. The van der Waals surface area contributed by atoms with Crippen molar-refractivity contribution >= 4 is 0 Å². The molecule has 1 heteroatoms. The van der Waals surface area contributed by atoms with E-state index in [2.05, 4.69) is 30.4 Å². The monoisotopic (exact) mass is 207 g/mol. The maximum atomic E-state index is 3.34. The normalized spacial score (nSPS) is 11.8. The molecule has 1 aromatic rings. The second-order valence-corrected chi connectivity index (χ2v) is 3.06. The van der Waals surface area contributed by atoms with Crippen LogP contribution in [0, 0.1) is 0 Å². The predicted molar refractivity (Wildman–Crippen MR) is 69.1 cm³/mol. The van der Waals surface area contributed by atoms with Crippen molar-refractivity contribution in [3.63, 3.8) is 0 Å². The minimum absolute atomic E-state index is 1.05. The van der Waals surface area contributed by atoms with Crippen LogP contribution in [0.5, 0.6) is 0 Å². The van der Waals surface area contributed by atoms with Crippen LogP contribution in [-0.4, -0.2) is 0 Å². The van der Waals surface area contributed by atoms with E-state index in [1.165, 1.54) is 16.7 Å². The van der Waals surface area contributed by atoms with Crippen LogP contribution in [0.3, 0.4) is 0 Å². The van der Waals surface area contributed by atoms with Gasteiger partial charge in [0.05, 0.1) is 0 Å². The zero-order valence-corrected chi connectivity index (χ0v) is 10.9. The second-order valence-electron chi connectivity index (χ2n) is 3.06. The molecule has 0 unspecified atom stereocenters. The standard InChI is InChI=1S/C10H13N.2C2H6/c1-2-8-3-4-9-6-11-7-10(9)5-8;2*1-2/h3-5,11H,2,6-7H2,1H3;2*1-2H3. The molecule has 0 spiro atoms. The second kappa shape index (κ2) is 8.49. The SMILES string of the molecule is CC.CC.CCc1ccc2c(c1)CNC2. The molecular formula is C14H25N. The third kappa shape index (κ3) is 4.05. The first-order chi connectivity index (χ1) is 7.40. The molecule has 1 heterocycles. The Morgan fingerprint density at radius 2 is 1.60 bits per heavy atom. The third-order valence-corrected chi connectivity index (χ3v) is 2.31. The van der Waals surface area contributed by atoms with Crippen molar-refractivity contribution in [2.45, 2.75) is 54.1 Å². The van der Waals surface area contributed by atoms with Gasteiger partial charge in [-0.25, -0.2) is 0 Å². The first kappa shape index (κ1) is 14.2. The molecule has 15 heavy (non-hydrogen) atoms. The summed E-state index contributed by atoms with van der Waals surface area (Å²) in [7, 11) is 0. The molecule has 0 radical (unpaired) electrons. The molecule has 0 bridgehead atoms. The summed E-state index contributed by atoms with van der Waals surface area (Å²) >= 11 is 0. The smallest absolute Gasteiger partial charge is 0.0212 e. The van der Waals surface area contributed by atoms with Crippen molar-refractivity contribution < 1.29 is 0 Å². The molecule has 0 saturated carbocycles. The summed E-state index contributed by atoms with van der Waals surface area (Å²) in [5.41, 5.74) is 4.42. The fraction of sp³-hybridized carbons (Fsp3) is 0.571.